The summed E-state index contributed by atoms with van der Waals surface area (Å²) in [5, 5.41) is 12.2. The molecule has 2 N–H and O–H groups in total. The van der Waals surface area contributed by atoms with Gasteiger partial charge in [-0.1, -0.05) is 68.8 Å². The molecule has 1 fully saturated rings. The van der Waals surface area contributed by atoms with E-state index >= 15 is 0 Å². The van der Waals surface area contributed by atoms with E-state index < -0.39 is 24.0 Å². The number of nitrogens with one attached hydrogen (secondary N) is 1. The van der Waals surface area contributed by atoms with Gasteiger partial charge in [0, 0.05) is 18.2 Å². The van der Waals surface area contributed by atoms with Gasteiger partial charge in [0.2, 0.25) is 5.91 Å². The smallest absolute Gasteiger partial charge is 0.407 e. The van der Waals surface area contributed by atoms with Gasteiger partial charge in [0.1, 0.15) is 12.6 Å². The molecule has 1 aliphatic heterocycles. The van der Waals surface area contributed by atoms with Gasteiger partial charge in [0.25, 0.3) is 0 Å². The number of hydrogen-bond donors (Lipinski definition) is 2. The first-order chi connectivity index (χ1) is 17.0. The second kappa shape index (κ2) is 11.2. The van der Waals surface area contributed by atoms with Crippen LogP contribution in [0.3, 0.4) is 0 Å². The second-order valence-corrected chi connectivity index (χ2v) is 10.2. The van der Waals surface area contributed by atoms with E-state index in [-0.39, 0.29) is 30.4 Å². The number of fused-ring (bicyclic) bond motifs is 3. The summed E-state index contributed by atoms with van der Waals surface area (Å²) in [5.74, 6) is -1.34. The molecule has 3 unspecified atom stereocenters. The maximum absolute atomic E-state index is 13.3. The molecule has 7 nitrogen and oxygen atoms in total. The Morgan fingerprint density at radius 2 is 1.71 bits per heavy atom. The number of hydrogen-bond acceptors (Lipinski definition) is 5. The van der Waals surface area contributed by atoms with Gasteiger partial charge in [-0.2, -0.15) is 0 Å². The van der Waals surface area contributed by atoms with Crippen LogP contribution in [0.4, 0.5) is 4.79 Å². The highest BCUT2D eigenvalue weighted by atomic mass is 32.2. The van der Waals surface area contributed by atoms with Crippen LogP contribution >= 0.6 is 11.8 Å². The molecule has 2 aromatic carbocycles. The number of thioether (sulfide) groups is 1. The molecule has 0 radical (unpaired) electrons. The summed E-state index contributed by atoms with van der Waals surface area (Å²) >= 11 is 1.50. The van der Waals surface area contributed by atoms with Crippen LogP contribution in [0.5, 0.6) is 0 Å². The third-order valence-corrected chi connectivity index (χ3v) is 8.26. The number of carbonyl (C=O) groups excluding carboxylic acids is 2. The first-order valence-electron chi connectivity index (χ1n) is 12.2. The van der Waals surface area contributed by atoms with E-state index in [0.29, 0.717) is 18.6 Å². The van der Waals surface area contributed by atoms with Crippen molar-refractivity contribution in [3.05, 3.63) is 59.7 Å². The summed E-state index contributed by atoms with van der Waals surface area (Å²) in [4.78, 5) is 39.2. The van der Waals surface area contributed by atoms with E-state index in [4.69, 9.17) is 4.74 Å². The Balaban J connectivity index is 1.38. The van der Waals surface area contributed by atoms with Crippen molar-refractivity contribution in [1.29, 1.82) is 0 Å². The molecule has 1 heterocycles. The van der Waals surface area contributed by atoms with Crippen LogP contribution < -0.4 is 5.32 Å². The maximum Gasteiger partial charge on any atom is 0.407 e. The Hall–Kier alpha value is -3.00. The van der Waals surface area contributed by atoms with Crippen LogP contribution in [0.15, 0.2) is 48.5 Å². The molecule has 4 rings (SSSR count). The number of amides is 2. The van der Waals surface area contributed by atoms with Gasteiger partial charge < -0.3 is 20.1 Å². The molecule has 1 aliphatic carbocycles. The number of rotatable bonds is 9. The quantitative estimate of drug-likeness (QED) is 0.522. The lowest BCUT2D eigenvalue weighted by Gasteiger charge is -2.30. The van der Waals surface area contributed by atoms with E-state index in [0.717, 1.165) is 28.7 Å². The van der Waals surface area contributed by atoms with E-state index in [2.05, 4.69) is 29.6 Å². The molecule has 0 saturated carbocycles. The van der Waals surface area contributed by atoms with Crippen LogP contribution in [-0.4, -0.2) is 58.3 Å². The lowest BCUT2D eigenvalue weighted by molar-refractivity contribution is -0.151. The van der Waals surface area contributed by atoms with Crippen molar-refractivity contribution in [2.45, 2.75) is 50.4 Å². The predicted molar refractivity (Wildman–Crippen MR) is 136 cm³/mol. The van der Waals surface area contributed by atoms with Crippen molar-refractivity contribution in [2.75, 3.05) is 18.9 Å². The van der Waals surface area contributed by atoms with Crippen molar-refractivity contribution in [3.8, 4) is 11.1 Å². The van der Waals surface area contributed by atoms with Gasteiger partial charge in [0.05, 0.1) is 11.3 Å². The number of carboxylic acid groups (broad SMARTS) is 1. The van der Waals surface area contributed by atoms with Crippen LogP contribution in [0.1, 0.15) is 50.2 Å². The number of benzene rings is 2. The molecule has 0 aromatic heterocycles. The third-order valence-electron chi connectivity index (χ3n) is 6.80. The summed E-state index contributed by atoms with van der Waals surface area (Å²) < 4.78 is 5.60. The lowest BCUT2D eigenvalue weighted by Crippen LogP contribution is -2.50. The minimum Gasteiger partial charge on any atom is -0.480 e. The highest BCUT2D eigenvalue weighted by Gasteiger charge is 2.42. The summed E-state index contributed by atoms with van der Waals surface area (Å²) in [5.41, 5.74) is 4.59. The molecule has 0 spiro atoms. The Morgan fingerprint density at radius 1 is 1.09 bits per heavy atom. The normalized spacial score (nSPS) is 19.7. The molecular formula is C27H32N2O5S. The number of aliphatic carboxylic acids is 1. The van der Waals surface area contributed by atoms with Crippen LogP contribution in [0, 0.1) is 5.92 Å². The Morgan fingerprint density at radius 3 is 2.29 bits per heavy atom. The van der Waals surface area contributed by atoms with Crippen molar-refractivity contribution < 1.29 is 24.2 Å². The first kappa shape index (κ1) is 25.1. The van der Waals surface area contributed by atoms with Gasteiger partial charge in [-0.15, -0.1) is 11.8 Å². The van der Waals surface area contributed by atoms with Crippen LogP contribution in [0.25, 0.3) is 11.1 Å². The van der Waals surface area contributed by atoms with Crippen molar-refractivity contribution in [3.63, 3.8) is 0 Å². The summed E-state index contributed by atoms with van der Waals surface area (Å²) in [7, 11) is 0. The highest BCUT2D eigenvalue weighted by molar-refractivity contribution is 8.00. The summed E-state index contributed by atoms with van der Waals surface area (Å²) in [6.07, 6.45) is 1.42. The predicted octanol–water partition coefficient (Wildman–Crippen LogP) is 4.71. The van der Waals surface area contributed by atoms with E-state index in [1.165, 1.54) is 16.7 Å². The van der Waals surface area contributed by atoms with Crippen molar-refractivity contribution in [1.82, 2.24) is 10.2 Å². The molecule has 186 valence electrons. The molecule has 2 aromatic rings. The number of ether oxygens (including phenoxy) is 1. The van der Waals surface area contributed by atoms with Gasteiger partial charge in [0.15, 0.2) is 0 Å². The standard InChI is InChI=1S/C27H32N2O5S/c1-3-9-17(25(30)29-23(26(31)32)16-35-24(29)4-2)14-28-27(33)34-15-22-20-12-7-5-10-18(20)19-11-6-8-13-21(19)22/h5-8,10-13,17,22-24H,3-4,9,14-16H2,1-2H3,(H,28,33)(H,31,32). The zero-order valence-corrected chi connectivity index (χ0v) is 20.9. The molecule has 3 atom stereocenters. The Labute approximate surface area is 210 Å². The molecular weight excluding hydrogens is 464 g/mol. The first-order valence-corrected chi connectivity index (χ1v) is 13.3. The van der Waals surface area contributed by atoms with Crippen LogP contribution in [0.2, 0.25) is 0 Å². The zero-order chi connectivity index (χ0) is 24.9. The monoisotopic (exact) mass is 496 g/mol. The average molecular weight is 497 g/mol. The summed E-state index contributed by atoms with van der Waals surface area (Å²) in [6.45, 7) is 4.24. The fourth-order valence-electron chi connectivity index (χ4n) is 5.09. The molecule has 2 amide bonds. The molecule has 2 aliphatic rings. The van der Waals surface area contributed by atoms with Gasteiger partial charge in [-0.25, -0.2) is 9.59 Å². The molecule has 35 heavy (non-hydrogen) atoms. The number of carboxylic acids is 1. The topological polar surface area (TPSA) is 95.9 Å². The minimum atomic E-state index is -0.985. The van der Waals surface area contributed by atoms with Gasteiger partial charge in [-0.3, -0.25) is 4.79 Å². The van der Waals surface area contributed by atoms with E-state index in [1.54, 1.807) is 0 Å². The summed E-state index contributed by atoms with van der Waals surface area (Å²) in [6, 6.07) is 15.5. The Kier molecular flexibility index (Phi) is 8.00. The zero-order valence-electron chi connectivity index (χ0n) is 20.1. The molecule has 8 heteroatoms. The molecule has 1 saturated heterocycles. The number of nitrogens with zero attached hydrogens (tertiary/aromatic N) is 1. The largest absolute Gasteiger partial charge is 0.480 e. The van der Waals surface area contributed by atoms with Gasteiger partial charge >= 0.3 is 12.1 Å². The van der Waals surface area contributed by atoms with E-state index in [9.17, 15) is 19.5 Å². The lowest BCUT2D eigenvalue weighted by atomic mass is 9.98. The maximum atomic E-state index is 13.3. The van der Waals surface area contributed by atoms with Gasteiger partial charge in [-0.05, 0) is 35.1 Å². The Bertz CT molecular complexity index is 1050. The fourth-order valence-corrected chi connectivity index (χ4v) is 6.45. The number of carbonyl (C=O) groups is 3. The fraction of sp³-hybridized carbons (Fsp3) is 0.444. The SMILES string of the molecule is CCCC(CNC(=O)OCC1c2ccccc2-c2ccccc21)C(=O)N1C(CC)SCC1C(=O)O. The minimum absolute atomic E-state index is 0.0375. The van der Waals surface area contributed by atoms with E-state index in [1.807, 2.05) is 38.1 Å². The number of alkyl carbamates (subject to hydrolysis) is 1. The molecule has 0 bridgehead atoms. The average Bonchev–Trinajstić information content (AvgIpc) is 3.44. The van der Waals surface area contributed by atoms with Crippen molar-refractivity contribution >= 4 is 29.7 Å². The second-order valence-electron chi connectivity index (χ2n) is 8.99. The van der Waals surface area contributed by atoms with Crippen LogP contribution in [-0.2, 0) is 14.3 Å². The van der Waals surface area contributed by atoms with Crippen molar-refractivity contribution in [2.24, 2.45) is 5.92 Å². The third kappa shape index (κ3) is 5.17. The highest BCUT2D eigenvalue weighted by Crippen LogP contribution is 2.44.